The number of carbonyl (C=O) groups is 1. The second kappa shape index (κ2) is 8.14. The lowest BCUT2D eigenvalue weighted by molar-refractivity contribution is 0.0467. The van der Waals surface area contributed by atoms with E-state index in [-0.39, 0.29) is 17.1 Å². The Kier molecular flexibility index (Phi) is 5.42. The molecule has 0 atom stereocenters. The van der Waals surface area contributed by atoms with Gasteiger partial charge < -0.3 is 4.74 Å². The molecule has 0 spiro atoms. The molecule has 2 aromatic carbocycles. The summed E-state index contributed by atoms with van der Waals surface area (Å²) in [6.45, 7) is 0.764. The third-order valence-electron chi connectivity index (χ3n) is 4.88. The van der Waals surface area contributed by atoms with Crippen molar-refractivity contribution < 1.29 is 17.9 Å². The molecule has 0 amide bonds. The van der Waals surface area contributed by atoms with Gasteiger partial charge in [-0.1, -0.05) is 36.4 Å². The summed E-state index contributed by atoms with van der Waals surface area (Å²) in [6.07, 6.45) is 2.29. The summed E-state index contributed by atoms with van der Waals surface area (Å²) in [5.74, 6) is -0.586. The van der Waals surface area contributed by atoms with Crippen LogP contribution in [0.15, 0.2) is 77.8 Å². The maximum Gasteiger partial charge on any atom is 0.338 e. The number of nitrogens with zero attached hydrogens (tertiary/aromatic N) is 2. The highest BCUT2D eigenvalue weighted by Crippen LogP contribution is 2.25. The average molecular weight is 408 g/mol. The summed E-state index contributed by atoms with van der Waals surface area (Å²) < 4.78 is 32.9. The van der Waals surface area contributed by atoms with Gasteiger partial charge in [-0.15, -0.1) is 0 Å². The fraction of sp³-hybridized carbons (Fsp3) is 0.182. The molecule has 148 valence electrons. The summed E-state index contributed by atoms with van der Waals surface area (Å²) in [4.78, 5) is 16.6. The predicted octanol–water partition coefficient (Wildman–Crippen LogP) is 3.19. The van der Waals surface area contributed by atoms with Crippen LogP contribution in [0, 0.1) is 0 Å². The third kappa shape index (κ3) is 4.21. The number of pyridine rings is 1. The number of carbonyl (C=O) groups excluding carboxylic acids is 1. The fourth-order valence-electron chi connectivity index (χ4n) is 3.31. The molecule has 0 saturated carbocycles. The molecular formula is C22H20N2O4S. The van der Waals surface area contributed by atoms with E-state index in [1.807, 2.05) is 24.3 Å². The van der Waals surface area contributed by atoms with Crippen LogP contribution in [0.4, 0.5) is 0 Å². The second-order valence-electron chi connectivity index (χ2n) is 6.78. The van der Waals surface area contributed by atoms with E-state index < -0.39 is 16.0 Å². The summed E-state index contributed by atoms with van der Waals surface area (Å²) in [5, 5.41) is 0. The number of benzene rings is 2. The molecular weight excluding hydrogens is 388 g/mol. The molecule has 0 aliphatic carbocycles. The average Bonchev–Trinajstić information content (AvgIpc) is 2.78. The molecule has 0 unspecified atom stereocenters. The van der Waals surface area contributed by atoms with Gasteiger partial charge >= 0.3 is 5.97 Å². The minimum absolute atomic E-state index is 0.0273. The summed E-state index contributed by atoms with van der Waals surface area (Å²) in [6, 6.07) is 19.2. The zero-order chi connectivity index (χ0) is 20.3. The Morgan fingerprint density at radius 2 is 1.79 bits per heavy atom. The first kappa shape index (κ1) is 19.3. The highest BCUT2D eigenvalue weighted by Gasteiger charge is 2.28. The Morgan fingerprint density at radius 1 is 1.00 bits per heavy atom. The van der Waals surface area contributed by atoms with Crippen molar-refractivity contribution in [2.24, 2.45) is 0 Å². The molecule has 1 aliphatic rings. The van der Waals surface area contributed by atoms with Crippen molar-refractivity contribution in [3.05, 3.63) is 95.3 Å². The lowest BCUT2D eigenvalue weighted by Crippen LogP contribution is -2.36. The number of aromatic nitrogens is 1. The molecule has 2 heterocycles. The molecule has 0 N–H and O–H groups in total. The van der Waals surface area contributed by atoms with Crippen molar-refractivity contribution in [2.75, 3.05) is 6.54 Å². The number of sulfonamides is 1. The van der Waals surface area contributed by atoms with Crippen LogP contribution in [0.2, 0.25) is 0 Å². The normalized spacial score (nSPS) is 14.2. The minimum Gasteiger partial charge on any atom is -0.456 e. The van der Waals surface area contributed by atoms with Gasteiger partial charge in [-0.05, 0) is 47.9 Å². The standard InChI is InChI=1S/C22H20N2O4S/c25-22(28-16-20-9-3-4-12-23-20)18-8-5-10-21(14-18)29(26,27)24-13-11-17-6-1-2-7-19(17)15-24/h1-10,12,14H,11,13,15-16H2. The first-order valence-corrected chi connectivity index (χ1v) is 10.7. The molecule has 6 nitrogen and oxygen atoms in total. The van der Waals surface area contributed by atoms with Gasteiger partial charge in [0.1, 0.15) is 6.61 Å². The zero-order valence-electron chi connectivity index (χ0n) is 15.7. The fourth-order valence-corrected chi connectivity index (χ4v) is 4.78. The molecule has 1 aromatic heterocycles. The molecule has 4 rings (SSSR count). The second-order valence-corrected chi connectivity index (χ2v) is 8.72. The van der Waals surface area contributed by atoms with Gasteiger partial charge in [0.15, 0.2) is 0 Å². The van der Waals surface area contributed by atoms with Crippen molar-refractivity contribution in [1.82, 2.24) is 9.29 Å². The molecule has 0 saturated heterocycles. The quantitative estimate of drug-likeness (QED) is 0.606. The van der Waals surface area contributed by atoms with Crippen molar-refractivity contribution >= 4 is 16.0 Å². The van der Waals surface area contributed by atoms with E-state index in [9.17, 15) is 13.2 Å². The number of ether oxygens (including phenoxy) is 1. The van der Waals surface area contributed by atoms with Crippen LogP contribution >= 0.6 is 0 Å². The lowest BCUT2D eigenvalue weighted by Gasteiger charge is -2.28. The number of hydrogen-bond donors (Lipinski definition) is 0. The van der Waals surface area contributed by atoms with E-state index in [2.05, 4.69) is 4.98 Å². The number of hydrogen-bond acceptors (Lipinski definition) is 5. The Labute approximate surface area is 169 Å². The van der Waals surface area contributed by atoms with Gasteiger partial charge in [0, 0.05) is 19.3 Å². The van der Waals surface area contributed by atoms with Crippen LogP contribution in [0.25, 0.3) is 0 Å². The molecule has 0 fully saturated rings. The first-order valence-electron chi connectivity index (χ1n) is 9.28. The maximum atomic E-state index is 13.1. The van der Waals surface area contributed by atoms with Crippen LogP contribution in [-0.4, -0.2) is 30.2 Å². The van der Waals surface area contributed by atoms with Crippen LogP contribution < -0.4 is 0 Å². The Balaban J connectivity index is 1.51. The van der Waals surface area contributed by atoms with Gasteiger partial charge in [-0.3, -0.25) is 4.98 Å². The lowest BCUT2D eigenvalue weighted by atomic mass is 10.0. The van der Waals surface area contributed by atoms with E-state index in [0.29, 0.717) is 25.2 Å². The molecule has 0 radical (unpaired) electrons. The summed E-state index contributed by atoms with van der Waals surface area (Å²) in [5.41, 5.74) is 3.00. The van der Waals surface area contributed by atoms with E-state index in [1.54, 1.807) is 36.5 Å². The minimum atomic E-state index is -3.71. The molecule has 0 bridgehead atoms. The van der Waals surface area contributed by atoms with Gasteiger partial charge in [-0.2, -0.15) is 4.31 Å². The Morgan fingerprint density at radius 3 is 2.59 bits per heavy atom. The topological polar surface area (TPSA) is 76.6 Å². The monoisotopic (exact) mass is 408 g/mol. The molecule has 7 heteroatoms. The first-order chi connectivity index (χ1) is 14.0. The highest BCUT2D eigenvalue weighted by molar-refractivity contribution is 7.89. The maximum absolute atomic E-state index is 13.1. The van der Waals surface area contributed by atoms with Crippen LogP contribution in [0.1, 0.15) is 27.2 Å². The van der Waals surface area contributed by atoms with Crippen LogP contribution in [-0.2, 0) is 34.3 Å². The summed E-state index contributed by atoms with van der Waals surface area (Å²) >= 11 is 0. The number of rotatable bonds is 5. The van der Waals surface area contributed by atoms with E-state index in [4.69, 9.17) is 4.74 Å². The van der Waals surface area contributed by atoms with Gasteiger partial charge in [0.2, 0.25) is 10.0 Å². The number of fused-ring (bicyclic) bond motifs is 1. The number of esters is 1. The van der Waals surface area contributed by atoms with Crippen molar-refractivity contribution in [3.63, 3.8) is 0 Å². The van der Waals surface area contributed by atoms with Crippen molar-refractivity contribution in [1.29, 1.82) is 0 Å². The third-order valence-corrected chi connectivity index (χ3v) is 6.72. The van der Waals surface area contributed by atoms with Crippen molar-refractivity contribution in [3.8, 4) is 0 Å². The molecule has 3 aromatic rings. The molecule has 29 heavy (non-hydrogen) atoms. The highest BCUT2D eigenvalue weighted by atomic mass is 32.2. The van der Waals surface area contributed by atoms with Gasteiger partial charge in [0.05, 0.1) is 16.2 Å². The van der Waals surface area contributed by atoms with E-state index in [0.717, 1.165) is 5.56 Å². The summed E-state index contributed by atoms with van der Waals surface area (Å²) in [7, 11) is -3.71. The van der Waals surface area contributed by atoms with E-state index in [1.165, 1.54) is 22.0 Å². The van der Waals surface area contributed by atoms with E-state index >= 15 is 0 Å². The smallest absolute Gasteiger partial charge is 0.338 e. The van der Waals surface area contributed by atoms with Crippen molar-refractivity contribution in [2.45, 2.75) is 24.5 Å². The van der Waals surface area contributed by atoms with Gasteiger partial charge in [0.25, 0.3) is 0 Å². The Bertz CT molecular complexity index is 1130. The molecule has 1 aliphatic heterocycles. The Hall–Kier alpha value is -3.03. The largest absolute Gasteiger partial charge is 0.456 e. The SMILES string of the molecule is O=C(OCc1ccccn1)c1cccc(S(=O)(=O)N2CCc3ccccc3C2)c1. The van der Waals surface area contributed by atoms with Crippen LogP contribution in [0.3, 0.4) is 0 Å². The van der Waals surface area contributed by atoms with Crippen LogP contribution in [0.5, 0.6) is 0 Å². The van der Waals surface area contributed by atoms with Gasteiger partial charge in [-0.25, -0.2) is 13.2 Å². The zero-order valence-corrected chi connectivity index (χ0v) is 16.5. The predicted molar refractivity (Wildman–Crippen MR) is 108 cm³/mol.